The third kappa shape index (κ3) is 4.64. The first kappa shape index (κ1) is 18.9. The number of thiophene rings is 1. The Morgan fingerprint density at radius 1 is 1.15 bits per heavy atom. The first-order chi connectivity index (χ1) is 13.0. The zero-order chi connectivity index (χ0) is 19.4. The first-order valence-electron chi connectivity index (χ1n) is 8.51. The van der Waals surface area contributed by atoms with Gasteiger partial charge in [-0.2, -0.15) is 0 Å². The van der Waals surface area contributed by atoms with Gasteiger partial charge in [-0.3, -0.25) is 9.59 Å². The number of benzene rings is 2. The van der Waals surface area contributed by atoms with Gasteiger partial charge in [0.25, 0.3) is 11.8 Å². The summed E-state index contributed by atoms with van der Waals surface area (Å²) in [7, 11) is 3.61. The maximum atomic E-state index is 12.3. The van der Waals surface area contributed by atoms with Crippen molar-refractivity contribution >= 4 is 38.9 Å². The Morgan fingerprint density at radius 2 is 1.89 bits per heavy atom. The highest BCUT2D eigenvalue weighted by Crippen LogP contribution is 2.23. The number of primary amides is 1. The SMILES string of the molecule is COc1ccc2cc(C[NH+](C)CC(=O)Nc3sccc3C(N)=O)ccc2c1. The van der Waals surface area contributed by atoms with Crippen molar-refractivity contribution in [1.29, 1.82) is 0 Å². The molecular formula is C20H22N3O3S+. The van der Waals surface area contributed by atoms with Crippen LogP contribution in [-0.2, 0) is 11.3 Å². The number of rotatable bonds is 7. The molecule has 4 N–H and O–H groups in total. The van der Waals surface area contributed by atoms with Gasteiger partial charge in [0.05, 0.1) is 19.7 Å². The van der Waals surface area contributed by atoms with Crippen molar-refractivity contribution in [3.8, 4) is 5.75 Å². The molecule has 3 rings (SSSR count). The van der Waals surface area contributed by atoms with Crippen LogP contribution in [0.15, 0.2) is 47.8 Å². The highest BCUT2D eigenvalue weighted by atomic mass is 32.1. The van der Waals surface area contributed by atoms with Gasteiger partial charge < -0.3 is 20.7 Å². The highest BCUT2D eigenvalue weighted by Gasteiger charge is 2.15. The van der Waals surface area contributed by atoms with Crippen LogP contribution in [0.4, 0.5) is 5.00 Å². The lowest BCUT2D eigenvalue weighted by molar-refractivity contribution is -0.885. The topological polar surface area (TPSA) is 85.9 Å². The van der Waals surface area contributed by atoms with Gasteiger partial charge in [-0.05, 0) is 40.4 Å². The van der Waals surface area contributed by atoms with Gasteiger partial charge in [-0.25, -0.2) is 0 Å². The minimum absolute atomic E-state index is 0.150. The predicted molar refractivity (Wildman–Crippen MR) is 107 cm³/mol. The zero-order valence-corrected chi connectivity index (χ0v) is 16.1. The molecule has 0 aliphatic heterocycles. The number of nitrogens with one attached hydrogen (secondary N) is 2. The fourth-order valence-corrected chi connectivity index (χ4v) is 3.77. The lowest BCUT2D eigenvalue weighted by Gasteiger charge is -2.14. The molecule has 0 saturated heterocycles. The van der Waals surface area contributed by atoms with Crippen LogP contribution < -0.4 is 20.7 Å². The number of hydrogen-bond acceptors (Lipinski definition) is 4. The number of amides is 2. The number of carbonyl (C=O) groups is 2. The Labute approximate surface area is 161 Å². The van der Waals surface area contributed by atoms with E-state index < -0.39 is 5.91 Å². The third-order valence-electron chi connectivity index (χ3n) is 4.26. The molecule has 0 aliphatic carbocycles. The second-order valence-corrected chi connectivity index (χ2v) is 7.35. The van der Waals surface area contributed by atoms with E-state index in [-0.39, 0.29) is 12.5 Å². The first-order valence-corrected chi connectivity index (χ1v) is 9.39. The highest BCUT2D eigenvalue weighted by molar-refractivity contribution is 7.14. The Bertz CT molecular complexity index is 984. The lowest BCUT2D eigenvalue weighted by atomic mass is 10.1. The molecule has 2 amide bonds. The van der Waals surface area contributed by atoms with E-state index in [0.29, 0.717) is 17.1 Å². The molecule has 0 aliphatic rings. The number of hydrogen-bond donors (Lipinski definition) is 3. The molecule has 27 heavy (non-hydrogen) atoms. The van der Waals surface area contributed by atoms with Crippen molar-refractivity contribution in [3.63, 3.8) is 0 Å². The number of likely N-dealkylation sites (N-methyl/N-ethyl adjacent to an activating group) is 1. The molecule has 1 aromatic heterocycles. The number of nitrogens with two attached hydrogens (primary N) is 1. The van der Waals surface area contributed by atoms with E-state index >= 15 is 0 Å². The van der Waals surface area contributed by atoms with Crippen LogP contribution in [0.3, 0.4) is 0 Å². The summed E-state index contributed by atoms with van der Waals surface area (Å²) in [6.07, 6.45) is 0. The van der Waals surface area contributed by atoms with Crippen molar-refractivity contribution in [3.05, 3.63) is 59.0 Å². The monoisotopic (exact) mass is 384 g/mol. The van der Waals surface area contributed by atoms with Crippen LogP contribution >= 0.6 is 11.3 Å². The van der Waals surface area contributed by atoms with Gasteiger partial charge in [0.1, 0.15) is 17.3 Å². The van der Waals surface area contributed by atoms with E-state index in [1.807, 2.05) is 25.2 Å². The van der Waals surface area contributed by atoms with Gasteiger partial charge in [0, 0.05) is 5.56 Å². The summed E-state index contributed by atoms with van der Waals surface area (Å²) in [4.78, 5) is 24.7. The van der Waals surface area contributed by atoms with Gasteiger partial charge in [-0.15, -0.1) is 11.3 Å². The summed E-state index contributed by atoms with van der Waals surface area (Å²) >= 11 is 1.29. The van der Waals surface area contributed by atoms with Crippen LogP contribution in [0.2, 0.25) is 0 Å². The second kappa shape index (κ2) is 8.20. The fourth-order valence-electron chi connectivity index (χ4n) is 2.97. The molecule has 3 aromatic rings. The maximum Gasteiger partial charge on any atom is 0.280 e. The number of ether oxygens (including phenoxy) is 1. The average Bonchev–Trinajstić information content (AvgIpc) is 3.09. The molecule has 140 valence electrons. The molecule has 7 heteroatoms. The molecule has 0 spiro atoms. The number of methoxy groups -OCH3 is 1. The Hall–Kier alpha value is -2.90. The third-order valence-corrected chi connectivity index (χ3v) is 5.09. The number of anilines is 1. The number of fused-ring (bicyclic) bond motifs is 1. The molecule has 1 unspecified atom stereocenters. The molecule has 0 saturated carbocycles. The van der Waals surface area contributed by atoms with E-state index in [2.05, 4.69) is 23.5 Å². The second-order valence-electron chi connectivity index (χ2n) is 6.43. The molecule has 0 radical (unpaired) electrons. The summed E-state index contributed by atoms with van der Waals surface area (Å²) in [5.74, 6) is 0.140. The van der Waals surface area contributed by atoms with Crippen molar-refractivity contribution in [2.24, 2.45) is 5.73 Å². The number of quaternary nitrogens is 1. The summed E-state index contributed by atoms with van der Waals surface area (Å²) in [6.45, 7) is 0.999. The lowest BCUT2D eigenvalue weighted by Crippen LogP contribution is -3.08. The molecular weight excluding hydrogens is 362 g/mol. The minimum Gasteiger partial charge on any atom is -0.497 e. The smallest absolute Gasteiger partial charge is 0.280 e. The van der Waals surface area contributed by atoms with Crippen molar-refractivity contribution in [2.45, 2.75) is 6.54 Å². The van der Waals surface area contributed by atoms with Gasteiger partial charge in [0.2, 0.25) is 0 Å². The molecule has 1 atom stereocenters. The summed E-state index contributed by atoms with van der Waals surface area (Å²) in [6, 6.07) is 13.8. The summed E-state index contributed by atoms with van der Waals surface area (Å²) < 4.78 is 5.25. The van der Waals surface area contributed by atoms with Crippen molar-refractivity contribution in [1.82, 2.24) is 0 Å². The van der Waals surface area contributed by atoms with Gasteiger partial charge in [-0.1, -0.05) is 18.2 Å². The van der Waals surface area contributed by atoms with Crippen LogP contribution in [0.25, 0.3) is 10.8 Å². The normalized spacial score (nSPS) is 11.9. The molecule has 6 nitrogen and oxygen atoms in total. The molecule has 1 heterocycles. The average molecular weight is 384 g/mol. The van der Waals surface area contributed by atoms with E-state index in [0.717, 1.165) is 27.0 Å². The van der Waals surface area contributed by atoms with E-state index in [4.69, 9.17) is 10.5 Å². The standard InChI is InChI=1S/C20H21N3O3S/c1-23(12-18(24)22-20-17(19(21)25)7-8-27-20)11-13-3-4-15-10-16(26-2)6-5-14(15)9-13/h3-10H,11-12H2,1-2H3,(H2,21,25)(H,22,24)/p+1. The molecule has 2 aromatic carbocycles. The summed E-state index contributed by atoms with van der Waals surface area (Å²) in [5.41, 5.74) is 6.79. The largest absolute Gasteiger partial charge is 0.497 e. The fraction of sp³-hybridized carbons (Fsp3) is 0.200. The number of carbonyl (C=O) groups excluding carboxylic acids is 2. The minimum atomic E-state index is -0.542. The van der Waals surface area contributed by atoms with E-state index in [9.17, 15) is 9.59 Å². The van der Waals surface area contributed by atoms with Crippen LogP contribution in [0.5, 0.6) is 5.75 Å². The van der Waals surface area contributed by atoms with Gasteiger partial charge >= 0.3 is 0 Å². The molecule has 0 fully saturated rings. The Kier molecular flexibility index (Phi) is 5.73. The Balaban J connectivity index is 1.62. The van der Waals surface area contributed by atoms with E-state index in [1.54, 1.807) is 18.6 Å². The predicted octanol–water partition coefficient (Wildman–Crippen LogP) is 1.66. The Morgan fingerprint density at radius 3 is 2.63 bits per heavy atom. The van der Waals surface area contributed by atoms with E-state index in [1.165, 1.54) is 11.3 Å². The van der Waals surface area contributed by atoms with Crippen molar-refractivity contribution < 1.29 is 19.2 Å². The quantitative estimate of drug-likeness (QED) is 0.579. The van der Waals surface area contributed by atoms with Crippen LogP contribution in [-0.4, -0.2) is 32.5 Å². The molecule has 0 bridgehead atoms. The maximum absolute atomic E-state index is 12.3. The van der Waals surface area contributed by atoms with Crippen LogP contribution in [0.1, 0.15) is 15.9 Å². The zero-order valence-electron chi connectivity index (χ0n) is 15.2. The van der Waals surface area contributed by atoms with Gasteiger partial charge in [0.15, 0.2) is 6.54 Å². The van der Waals surface area contributed by atoms with Crippen molar-refractivity contribution in [2.75, 3.05) is 26.0 Å². The van der Waals surface area contributed by atoms with Crippen LogP contribution in [0, 0.1) is 0 Å². The summed E-state index contributed by atoms with van der Waals surface area (Å²) in [5, 5.41) is 7.26.